The van der Waals surface area contributed by atoms with Crippen LogP contribution in [-0.2, 0) is 4.79 Å². The van der Waals surface area contributed by atoms with Crippen LogP contribution in [0.15, 0.2) is 24.3 Å². The predicted octanol–water partition coefficient (Wildman–Crippen LogP) is 3.37. The minimum Gasteiger partial charge on any atom is -0.422 e. The number of rotatable bonds is 4. The Morgan fingerprint density at radius 1 is 1.23 bits per heavy atom. The summed E-state index contributed by atoms with van der Waals surface area (Å²) in [7, 11) is 1.71. The SMILES string of the molecule is CNc1nc(-c2ccc(F)cc2)c(OC(C)=O)c(C(C)C)n1. The predicted molar refractivity (Wildman–Crippen MR) is 82.4 cm³/mol. The van der Waals surface area contributed by atoms with Crippen molar-refractivity contribution < 1.29 is 13.9 Å². The van der Waals surface area contributed by atoms with Crippen molar-refractivity contribution in [2.24, 2.45) is 0 Å². The Morgan fingerprint density at radius 2 is 1.86 bits per heavy atom. The van der Waals surface area contributed by atoms with E-state index in [0.29, 0.717) is 28.6 Å². The maximum absolute atomic E-state index is 13.1. The molecule has 22 heavy (non-hydrogen) atoms. The number of ether oxygens (including phenoxy) is 1. The van der Waals surface area contributed by atoms with Crippen LogP contribution in [0.4, 0.5) is 10.3 Å². The minimum absolute atomic E-state index is 0.0312. The van der Waals surface area contributed by atoms with Gasteiger partial charge in [-0.25, -0.2) is 14.4 Å². The van der Waals surface area contributed by atoms with Crippen LogP contribution in [0, 0.1) is 5.82 Å². The molecule has 1 aromatic heterocycles. The summed E-state index contributed by atoms with van der Waals surface area (Å²) in [6.45, 7) is 5.22. The Morgan fingerprint density at radius 3 is 2.36 bits per heavy atom. The van der Waals surface area contributed by atoms with Crippen LogP contribution in [-0.4, -0.2) is 23.0 Å². The second-order valence-corrected chi connectivity index (χ2v) is 5.12. The minimum atomic E-state index is -0.453. The largest absolute Gasteiger partial charge is 0.422 e. The molecule has 2 rings (SSSR count). The fourth-order valence-electron chi connectivity index (χ4n) is 2.02. The van der Waals surface area contributed by atoms with Crippen LogP contribution >= 0.6 is 0 Å². The molecule has 0 atom stereocenters. The summed E-state index contributed by atoms with van der Waals surface area (Å²) in [5.74, 6) is -0.0356. The van der Waals surface area contributed by atoms with Gasteiger partial charge in [0.25, 0.3) is 0 Å². The number of esters is 1. The highest BCUT2D eigenvalue weighted by atomic mass is 19.1. The number of halogens is 1. The summed E-state index contributed by atoms with van der Waals surface area (Å²) >= 11 is 0. The zero-order chi connectivity index (χ0) is 16.3. The summed E-state index contributed by atoms with van der Waals surface area (Å²) in [6, 6.07) is 5.86. The van der Waals surface area contributed by atoms with E-state index in [9.17, 15) is 9.18 Å². The molecule has 0 saturated heterocycles. The summed E-state index contributed by atoms with van der Waals surface area (Å²) in [5, 5.41) is 2.89. The third kappa shape index (κ3) is 3.39. The van der Waals surface area contributed by atoms with Crippen LogP contribution in [0.3, 0.4) is 0 Å². The molecule has 116 valence electrons. The average molecular weight is 303 g/mol. The molecule has 1 aromatic carbocycles. The molecule has 0 amide bonds. The number of carbonyl (C=O) groups excluding carboxylic acids is 1. The van der Waals surface area contributed by atoms with E-state index in [0.717, 1.165) is 0 Å². The van der Waals surface area contributed by atoms with Crippen LogP contribution in [0.25, 0.3) is 11.3 Å². The second-order valence-electron chi connectivity index (χ2n) is 5.12. The molecule has 2 aromatic rings. The lowest BCUT2D eigenvalue weighted by Gasteiger charge is -2.16. The van der Waals surface area contributed by atoms with Gasteiger partial charge in [-0.05, 0) is 30.2 Å². The van der Waals surface area contributed by atoms with Crippen LogP contribution in [0.2, 0.25) is 0 Å². The molecular weight excluding hydrogens is 285 g/mol. The van der Waals surface area contributed by atoms with Gasteiger partial charge in [-0.15, -0.1) is 0 Å². The van der Waals surface area contributed by atoms with E-state index in [4.69, 9.17) is 4.74 Å². The second kappa shape index (κ2) is 6.51. The third-order valence-electron chi connectivity index (χ3n) is 3.03. The van der Waals surface area contributed by atoms with E-state index >= 15 is 0 Å². The van der Waals surface area contributed by atoms with Crippen LogP contribution in [0.1, 0.15) is 32.4 Å². The lowest BCUT2D eigenvalue weighted by Crippen LogP contribution is -2.11. The molecular formula is C16H18FN3O2. The van der Waals surface area contributed by atoms with Gasteiger partial charge in [-0.1, -0.05) is 13.8 Å². The Bertz CT molecular complexity index is 685. The van der Waals surface area contributed by atoms with E-state index in [-0.39, 0.29) is 11.7 Å². The van der Waals surface area contributed by atoms with E-state index in [1.54, 1.807) is 19.2 Å². The average Bonchev–Trinajstić information content (AvgIpc) is 2.47. The standard InChI is InChI=1S/C16H18FN3O2/c1-9(2)13-15(22-10(3)21)14(20-16(18-4)19-13)11-5-7-12(17)8-6-11/h5-9H,1-4H3,(H,18,19,20). The van der Waals surface area contributed by atoms with Gasteiger partial charge >= 0.3 is 5.97 Å². The van der Waals surface area contributed by atoms with Crippen molar-refractivity contribution in [1.29, 1.82) is 0 Å². The molecule has 0 aliphatic carbocycles. The van der Waals surface area contributed by atoms with Crippen molar-refractivity contribution in [2.45, 2.75) is 26.7 Å². The topological polar surface area (TPSA) is 64.1 Å². The van der Waals surface area contributed by atoms with Crippen molar-refractivity contribution in [3.63, 3.8) is 0 Å². The van der Waals surface area contributed by atoms with Gasteiger partial charge in [0.1, 0.15) is 11.5 Å². The summed E-state index contributed by atoms with van der Waals surface area (Å²) in [5.41, 5.74) is 1.73. The maximum Gasteiger partial charge on any atom is 0.308 e. The van der Waals surface area contributed by atoms with Gasteiger partial charge in [0.2, 0.25) is 5.95 Å². The Labute approximate surface area is 128 Å². The molecule has 0 unspecified atom stereocenters. The first-order valence-electron chi connectivity index (χ1n) is 6.96. The number of benzene rings is 1. The van der Waals surface area contributed by atoms with Gasteiger partial charge in [0.05, 0.1) is 5.69 Å². The first-order chi connectivity index (χ1) is 10.4. The molecule has 0 aliphatic heterocycles. The van der Waals surface area contributed by atoms with Crippen LogP contribution in [0.5, 0.6) is 5.75 Å². The molecule has 0 saturated carbocycles. The third-order valence-corrected chi connectivity index (χ3v) is 3.03. The van der Waals surface area contributed by atoms with Gasteiger partial charge in [-0.2, -0.15) is 0 Å². The molecule has 0 spiro atoms. The summed E-state index contributed by atoms with van der Waals surface area (Å²) in [4.78, 5) is 20.2. The number of nitrogens with zero attached hydrogens (tertiary/aromatic N) is 2. The van der Waals surface area contributed by atoms with Gasteiger partial charge in [-0.3, -0.25) is 4.79 Å². The molecule has 0 fully saturated rings. The Kier molecular flexibility index (Phi) is 4.70. The molecule has 0 radical (unpaired) electrons. The molecule has 0 bridgehead atoms. The molecule has 6 heteroatoms. The lowest BCUT2D eigenvalue weighted by atomic mass is 10.0. The van der Waals surface area contributed by atoms with E-state index in [1.165, 1.54) is 19.1 Å². The maximum atomic E-state index is 13.1. The van der Waals surface area contributed by atoms with Crippen molar-refractivity contribution in [3.05, 3.63) is 35.8 Å². The van der Waals surface area contributed by atoms with Crippen LogP contribution < -0.4 is 10.1 Å². The molecule has 0 aliphatic rings. The molecule has 5 nitrogen and oxygen atoms in total. The fraction of sp³-hybridized carbons (Fsp3) is 0.312. The number of nitrogens with one attached hydrogen (secondary N) is 1. The van der Waals surface area contributed by atoms with Crippen molar-refractivity contribution in [1.82, 2.24) is 9.97 Å². The van der Waals surface area contributed by atoms with Crippen molar-refractivity contribution in [2.75, 3.05) is 12.4 Å². The normalized spacial score (nSPS) is 10.6. The highest BCUT2D eigenvalue weighted by Crippen LogP contribution is 2.35. The number of aromatic nitrogens is 2. The highest BCUT2D eigenvalue weighted by molar-refractivity contribution is 5.76. The Balaban J connectivity index is 2.69. The monoisotopic (exact) mass is 303 g/mol. The smallest absolute Gasteiger partial charge is 0.308 e. The highest BCUT2D eigenvalue weighted by Gasteiger charge is 2.21. The molecule has 1 heterocycles. The zero-order valence-corrected chi connectivity index (χ0v) is 13.0. The number of hydrogen-bond donors (Lipinski definition) is 1. The van der Waals surface area contributed by atoms with Gasteiger partial charge in [0, 0.05) is 19.5 Å². The zero-order valence-electron chi connectivity index (χ0n) is 13.0. The summed E-state index contributed by atoms with van der Waals surface area (Å²) in [6.07, 6.45) is 0. The van der Waals surface area contributed by atoms with Crippen molar-refractivity contribution >= 4 is 11.9 Å². The molecule has 1 N–H and O–H groups in total. The Hall–Kier alpha value is -2.50. The van der Waals surface area contributed by atoms with Gasteiger partial charge < -0.3 is 10.1 Å². The van der Waals surface area contributed by atoms with E-state index in [1.807, 2.05) is 13.8 Å². The number of anilines is 1. The number of carbonyl (C=O) groups is 1. The first kappa shape index (κ1) is 15.9. The summed E-state index contributed by atoms with van der Waals surface area (Å²) < 4.78 is 18.5. The fourth-order valence-corrected chi connectivity index (χ4v) is 2.02. The van der Waals surface area contributed by atoms with Crippen molar-refractivity contribution in [3.8, 4) is 17.0 Å². The quantitative estimate of drug-likeness (QED) is 0.877. The lowest BCUT2D eigenvalue weighted by molar-refractivity contribution is -0.131. The van der Waals surface area contributed by atoms with E-state index < -0.39 is 5.97 Å². The van der Waals surface area contributed by atoms with E-state index in [2.05, 4.69) is 15.3 Å². The first-order valence-corrected chi connectivity index (χ1v) is 6.96. The van der Waals surface area contributed by atoms with Gasteiger partial charge in [0.15, 0.2) is 5.75 Å². The number of hydrogen-bond acceptors (Lipinski definition) is 5.